The predicted octanol–water partition coefficient (Wildman–Crippen LogP) is 6.70. The summed E-state index contributed by atoms with van der Waals surface area (Å²) in [4.78, 5) is 11.1. The third-order valence-electron chi connectivity index (χ3n) is 4.20. The van der Waals surface area contributed by atoms with E-state index < -0.39 is 0 Å². The van der Waals surface area contributed by atoms with Gasteiger partial charge in [-0.3, -0.25) is 4.79 Å². The minimum absolute atomic E-state index is 0.0817. The van der Waals surface area contributed by atoms with Crippen LogP contribution < -0.4 is 4.74 Å². The molecule has 0 unspecified atom stereocenters. The Bertz CT molecular complexity index is 508. The van der Waals surface area contributed by atoms with Crippen molar-refractivity contribution < 1.29 is 14.3 Å². The average Bonchev–Trinajstić information content (AvgIpc) is 2.71. The SMILES string of the molecule is CC(C)C(=O)OCCOc1ccccc1.CCCCCCCCCCCC#N. The number of hydrogen-bond donors (Lipinski definition) is 0. The minimum Gasteiger partial charge on any atom is -0.490 e. The second-order valence-corrected chi connectivity index (χ2v) is 7.22. The van der Waals surface area contributed by atoms with E-state index in [0.717, 1.165) is 18.6 Å². The summed E-state index contributed by atoms with van der Waals surface area (Å²) < 4.78 is 10.3. The van der Waals surface area contributed by atoms with Crippen molar-refractivity contribution in [1.29, 1.82) is 5.26 Å². The van der Waals surface area contributed by atoms with Crippen LogP contribution >= 0.6 is 0 Å². The first-order valence-corrected chi connectivity index (χ1v) is 10.8. The average molecular weight is 390 g/mol. The number of para-hydroxylation sites is 1. The number of carbonyl (C=O) groups is 1. The molecule has 0 atom stereocenters. The fourth-order valence-electron chi connectivity index (χ4n) is 2.50. The highest BCUT2D eigenvalue weighted by molar-refractivity contribution is 5.71. The Hall–Kier alpha value is -2.02. The summed E-state index contributed by atoms with van der Waals surface area (Å²) in [5.41, 5.74) is 0. The number of rotatable bonds is 14. The Kier molecular flexibility index (Phi) is 18.3. The van der Waals surface area contributed by atoms with Crippen molar-refractivity contribution in [2.45, 2.75) is 85.0 Å². The molecule has 0 amide bonds. The van der Waals surface area contributed by atoms with Crippen LogP contribution in [0.2, 0.25) is 0 Å². The molecule has 0 aliphatic carbocycles. The zero-order valence-electron chi connectivity index (χ0n) is 18.1. The molecule has 0 aliphatic heterocycles. The van der Waals surface area contributed by atoms with Crippen LogP contribution in [0.3, 0.4) is 0 Å². The number of hydrogen-bond acceptors (Lipinski definition) is 4. The molecule has 1 aromatic rings. The molecule has 1 rings (SSSR count). The van der Waals surface area contributed by atoms with Crippen molar-refractivity contribution in [3.8, 4) is 11.8 Å². The number of carbonyl (C=O) groups excluding carboxylic acids is 1. The van der Waals surface area contributed by atoms with E-state index in [9.17, 15) is 4.79 Å². The van der Waals surface area contributed by atoms with Crippen molar-refractivity contribution in [1.82, 2.24) is 0 Å². The monoisotopic (exact) mass is 389 g/mol. The lowest BCUT2D eigenvalue weighted by molar-refractivity contribution is -0.148. The van der Waals surface area contributed by atoms with Crippen molar-refractivity contribution in [3.05, 3.63) is 30.3 Å². The van der Waals surface area contributed by atoms with Gasteiger partial charge < -0.3 is 9.47 Å². The molecule has 0 bridgehead atoms. The van der Waals surface area contributed by atoms with Crippen LogP contribution in [0.1, 0.15) is 85.0 Å². The van der Waals surface area contributed by atoms with E-state index in [4.69, 9.17) is 14.7 Å². The van der Waals surface area contributed by atoms with Crippen LogP contribution in [0.4, 0.5) is 0 Å². The van der Waals surface area contributed by atoms with Gasteiger partial charge in [-0.1, -0.05) is 90.3 Å². The van der Waals surface area contributed by atoms with E-state index in [1.165, 1.54) is 51.4 Å². The molecule has 4 heteroatoms. The van der Waals surface area contributed by atoms with Gasteiger partial charge in [-0.25, -0.2) is 0 Å². The summed E-state index contributed by atoms with van der Waals surface area (Å²) in [6.07, 6.45) is 12.7. The Morgan fingerprint density at radius 3 is 2.04 bits per heavy atom. The Morgan fingerprint density at radius 1 is 0.929 bits per heavy atom. The highest BCUT2D eigenvalue weighted by Crippen LogP contribution is 2.10. The molecule has 158 valence electrons. The zero-order valence-corrected chi connectivity index (χ0v) is 18.1. The van der Waals surface area contributed by atoms with Crippen LogP contribution in [-0.2, 0) is 9.53 Å². The van der Waals surface area contributed by atoms with Crippen LogP contribution in [0, 0.1) is 17.2 Å². The van der Waals surface area contributed by atoms with Crippen LogP contribution in [0.5, 0.6) is 5.75 Å². The second-order valence-electron chi connectivity index (χ2n) is 7.22. The van der Waals surface area contributed by atoms with Gasteiger partial charge in [0, 0.05) is 6.42 Å². The molecule has 0 spiro atoms. The lowest BCUT2D eigenvalue weighted by Gasteiger charge is -2.08. The lowest BCUT2D eigenvalue weighted by atomic mass is 10.1. The molecule has 0 fully saturated rings. The summed E-state index contributed by atoms with van der Waals surface area (Å²) in [5, 5.41) is 8.32. The standard InChI is InChI=1S/C12H23N.C12H16O3/c1-2-3-4-5-6-7-8-9-10-11-12-13;1-10(2)12(13)15-9-8-14-11-6-4-3-5-7-11/h2-11H2,1H3;3-7,10H,8-9H2,1-2H3. The Morgan fingerprint density at radius 2 is 1.50 bits per heavy atom. The lowest BCUT2D eigenvalue weighted by Crippen LogP contribution is -2.16. The van der Waals surface area contributed by atoms with Gasteiger partial charge >= 0.3 is 5.97 Å². The van der Waals surface area contributed by atoms with Crippen LogP contribution in [0.25, 0.3) is 0 Å². The third-order valence-corrected chi connectivity index (χ3v) is 4.20. The van der Waals surface area contributed by atoms with E-state index >= 15 is 0 Å². The topological polar surface area (TPSA) is 59.3 Å². The molecule has 1 aromatic carbocycles. The van der Waals surface area contributed by atoms with Gasteiger partial charge in [0.15, 0.2) is 0 Å². The number of unbranched alkanes of at least 4 members (excludes halogenated alkanes) is 9. The molecule has 0 aliphatic rings. The van der Waals surface area contributed by atoms with Gasteiger partial charge in [0.1, 0.15) is 19.0 Å². The summed E-state index contributed by atoms with van der Waals surface area (Å²) >= 11 is 0. The van der Waals surface area contributed by atoms with E-state index in [1.807, 2.05) is 30.3 Å². The van der Waals surface area contributed by atoms with Gasteiger partial charge in [-0.2, -0.15) is 5.26 Å². The van der Waals surface area contributed by atoms with E-state index in [-0.39, 0.29) is 11.9 Å². The number of ether oxygens (including phenoxy) is 2. The van der Waals surface area contributed by atoms with Gasteiger partial charge in [0.2, 0.25) is 0 Å². The quantitative estimate of drug-likeness (QED) is 0.262. The van der Waals surface area contributed by atoms with Crippen molar-refractivity contribution >= 4 is 5.97 Å². The van der Waals surface area contributed by atoms with E-state index in [0.29, 0.717) is 13.2 Å². The predicted molar refractivity (Wildman–Crippen MR) is 115 cm³/mol. The van der Waals surface area contributed by atoms with Crippen molar-refractivity contribution in [2.24, 2.45) is 5.92 Å². The van der Waals surface area contributed by atoms with Crippen LogP contribution in [-0.4, -0.2) is 19.2 Å². The number of nitrogens with zero attached hydrogens (tertiary/aromatic N) is 1. The first-order valence-electron chi connectivity index (χ1n) is 10.8. The zero-order chi connectivity index (χ0) is 20.9. The first-order chi connectivity index (χ1) is 13.6. The highest BCUT2D eigenvalue weighted by Gasteiger charge is 2.07. The number of nitriles is 1. The molecule has 0 N–H and O–H groups in total. The Labute approximate surface area is 172 Å². The van der Waals surface area contributed by atoms with E-state index in [2.05, 4.69) is 13.0 Å². The molecule has 0 heterocycles. The minimum atomic E-state index is -0.188. The third kappa shape index (κ3) is 17.4. The second kappa shape index (κ2) is 19.7. The molecule has 0 aromatic heterocycles. The summed E-state index contributed by atoms with van der Waals surface area (Å²) in [7, 11) is 0. The molecule has 4 nitrogen and oxygen atoms in total. The van der Waals surface area contributed by atoms with Gasteiger partial charge in [-0.05, 0) is 18.6 Å². The molecule has 0 saturated carbocycles. The smallest absolute Gasteiger partial charge is 0.308 e. The molecule has 28 heavy (non-hydrogen) atoms. The Balaban J connectivity index is 0.000000528. The van der Waals surface area contributed by atoms with Crippen molar-refractivity contribution in [2.75, 3.05) is 13.2 Å². The maximum absolute atomic E-state index is 11.1. The van der Waals surface area contributed by atoms with Gasteiger partial charge in [0.05, 0.1) is 12.0 Å². The summed E-state index contributed by atoms with van der Waals surface area (Å²) in [6.45, 7) is 6.55. The molecule has 0 saturated heterocycles. The fraction of sp³-hybridized carbons (Fsp3) is 0.667. The van der Waals surface area contributed by atoms with E-state index in [1.54, 1.807) is 13.8 Å². The molecule has 0 radical (unpaired) electrons. The number of benzene rings is 1. The maximum Gasteiger partial charge on any atom is 0.308 e. The van der Waals surface area contributed by atoms with Gasteiger partial charge in [-0.15, -0.1) is 0 Å². The molecular weight excluding hydrogens is 350 g/mol. The van der Waals surface area contributed by atoms with Crippen LogP contribution in [0.15, 0.2) is 30.3 Å². The normalized spacial score (nSPS) is 9.96. The summed E-state index contributed by atoms with van der Waals surface area (Å²) in [5.74, 6) is 0.520. The largest absolute Gasteiger partial charge is 0.490 e. The number of esters is 1. The van der Waals surface area contributed by atoms with Gasteiger partial charge in [0.25, 0.3) is 0 Å². The van der Waals surface area contributed by atoms with Crippen molar-refractivity contribution in [3.63, 3.8) is 0 Å². The first kappa shape index (κ1) is 26.0. The summed E-state index contributed by atoms with van der Waals surface area (Å²) in [6, 6.07) is 11.6. The molecular formula is C24H39NO3. The maximum atomic E-state index is 11.1. The fourth-order valence-corrected chi connectivity index (χ4v) is 2.50. The highest BCUT2D eigenvalue weighted by atomic mass is 16.6.